The molecule has 3 nitrogen and oxygen atoms in total. The molecule has 4 aromatic rings. The molecule has 0 aliphatic heterocycles. The maximum absolute atomic E-state index is 6.15. The van der Waals surface area contributed by atoms with E-state index in [-0.39, 0.29) is 0 Å². The van der Waals surface area contributed by atoms with Crippen LogP contribution in [-0.2, 0) is 0 Å². The minimum atomic E-state index is 0.801. The Balaban J connectivity index is 1.88. The van der Waals surface area contributed by atoms with E-state index in [9.17, 15) is 0 Å². The van der Waals surface area contributed by atoms with Crippen molar-refractivity contribution in [1.82, 2.24) is 0 Å². The Bertz CT molecular complexity index is 1110. The van der Waals surface area contributed by atoms with Gasteiger partial charge in [-0.15, -0.1) is 0 Å². The molecule has 0 bridgehead atoms. The van der Waals surface area contributed by atoms with Crippen LogP contribution in [0.3, 0.4) is 0 Å². The van der Waals surface area contributed by atoms with Crippen molar-refractivity contribution in [1.29, 1.82) is 0 Å². The van der Waals surface area contributed by atoms with Gasteiger partial charge in [-0.1, -0.05) is 59.7 Å². The second kappa shape index (κ2) is 6.89. The fraction of sp³-hybridized carbons (Fsp3) is 0.0870. The van der Waals surface area contributed by atoms with Crippen molar-refractivity contribution in [3.63, 3.8) is 0 Å². The highest BCUT2D eigenvalue weighted by Gasteiger charge is 2.06. The molecule has 3 heteroatoms. The average molecular weight is 340 g/mol. The number of nitrogens with zero attached hydrogens (tertiary/aromatic N) is 1. The average Bonchev–Trinajstić information content (AvgIpc) is 2.67. The van der Waals surface area contributed by atoms with Crippen molar-refractivity contribution in [3.05, 3.63) is 95.3 Å². The van der Waals surface area contributed by atoms with Crippen LogP contribution in [0.1, 0.15) is 11.1 Å². The first kappa shape index (κ1) is 16.2. The number of nitrogens with one attached hydrogen (secondary N) is 1. The first-order chi connectivity index (χ1) is 12.7. The number of hydrogen-bond donors (Lipinski definition) is 1. The number of rotatable bonds is 3. The third-order valence-electron chi connectivity index (χ3n) is 4.31. The van der Waals surface area contributed by atoms with E-state index in [1.165, 1.54) is 11.1 Å². The quantitative estimate of drug-likeness (QED) is 0.490. The normalized spacial score (nSPS) is 11.7. The van der Waals surface area contributed by atoms with E-state index in [1.807, 2.05) is 42.5 Å². The molecule has 0 aliphatic carbocycles. The minimum absolute atomic E-state index is 0.801. The van der Waals surface area contributed by atoms with Gasteiger partial charge in [-0.3, -0.25) is 5.43 Å². The van der Waals surface area contributed by atoms with Crippen LogP contribution in [-0.4, -0.2) is 0 Å². The zero-order chi connectivity index (χ0) is 17.9. The molecule has 1 N–H and O–H groups in total. The van der Waals surface area contributed by atoms with Gasteiger partial charge in [0.1, 0.15) is 11.3 Å². The lowest BCUT2D eigenvalue weighted by molar-refractivity contribution is 0.618. The van der Waals surface area contributed by atoms with E-state index in [4.69, 9.17) is 4.42 Å². The number of para-hydroxylation sites is 1. The molecule has 26 heavy (non-hydrogen) atoms. The Morgan fingerprint density at radius 3 is 2.27 bits per heavy atom. The van der Waals surface area contributed by atoms with Gasteiger partial charge in [0.05, 0.1) is 11.0 Å². The monoisotopic (exact) mass is 340 g/mol. The first-order valence-electron chi connectivity index (χ1n) is 8.65. The van der Waals surface area contributed by atoms with Crippen LogP contribution >= 0.6 is 0 Å². The molecular formula is C23H20N2O. The van der Waals surface area contributed by atoms with Crippen molar-refractivity contribution in [2.24, 2.45) is 5.10 Å². The summed E-state index contributed by atoms with van der Waals surface area (Å²) in [6.45, 7) is 4.15. The number of fused-ring (bicyclic) bond motifs is 1. The summed E-state index contributed by atoms with van der Waals surface area (Å²) in [7, 11) is 0. The lowest BCUT2D eigenvalue weighted by Crippen LogP contribution is -2.07. The van der Waals surface area contributed by atoms with Crippen LogP contribution in [0.15, 0.2) is 88.4 Å². The number of benzene rings is 3. The molecule has 1 heterocycles. The second-order valence-electron chi connectivity index (χ2n) is 6.45. The molecule has 3 aromatic carbocycles. The van der Waals surface area contributed by atoms with Gasteiger partial charge in [-0.25, -0.2) is 0 Å². The van der Waals surface area contributed by atoms with Gasteiger partial charge in [0, 0.05) is 17.0 Å². The van der Waals surface area contributed by atoms with Crippen LogP contribution < -0.4 is 10.8 Å². The van der Waals surface area contributed by atoms with Crippen LogP contribution in [0, 0.1) is 13.8 Å². The highest BCUT2D eigenvalue weighted by atomic mass is 16.3. The molecule has 4 rings (SSSR count). The van der Waals surface area contributed by atoms with Gasteiger partial charge in [0.15, 0.2) is 0 Å². The van der Waals surface area contributed by atoms with E-state index in [1.54, 1.807) is 0 Å². The van der Waals surface area contributed by atoms with Gasteiger partial charge in [-0.2, -0.15) is 5.10 Å². The van der Waals surface area contributed by atoms with Crippen LogP contribution in [0.4, 0.5) is 5.69 Å². The minimum Gasteiger partial charge on any atom is -0.456 e. The summed E-state index contributed by atoms with van der Waals surface area (Å²) in [5, 5.41) is 6.49. The maximum Gasteiger partial charge on any atom is 0.136 e. The molecule has 0 amide bonds. The smallest absolute Gasteiger partial charge is 0.136 e. The van der Waals surface area contributed by atoms with Crippen molar-refractivity contribution in [2.45, 2.75) is 13.8 Å². The molecule has 0 unspecified atom stereocenters. The molecule has 0 aliphatic rings. The first-order valence-corrected chi connectivity index (χ1v) is 8.65. The Hall–Kier alpha value is -3.33. The molecule has 0 saturated heterocycles. The van der Waals surface area contributed by atoms with Gasteiger partial charge >= 0.3 is 0 Å². The van der Waals surface area contributed by atoms with Crippen molar-refractivity contribution >= 4 is 16.7 Å². The molecule has 0 fully saturated rings. The molecule has 0 radical (unpaired) electrons. The predicted octanol–water partition coefficient (Wildman–Crippen LogP) is 5.64. The predicted molar refractivity (Wildman–Crippen MR) is 107 cm³/mol. The van der Waals surface area contributed by atoms with Crippen LogP contribution in [0.25, 0.3) is 22.3 Å². The van der Waals surface area contributed by atoms with Gasteiger partial charge in [0.25, 0.3) is 0 Å². The standard InChI is InChI=1S/C23H20N2O/c1-16-8-11-18(12-9-16)23-15-21(25-24-19-6-4-3-5-7-19)20-14-17(2)10-13-22(20)26-23/h3-15,24H,1-2H3/b25-21-. The lowest BCUT2D eigenvalue weighted by Gasteiger charge is -2.07. The summed E-state index contributed by atoms with van der Waals surface area (Å²) >= 11 is 0. The Morgan fingerprint density at radius 1 is 0.769 bits per heavy atom. The SMILES string of the molecule is Cc1ccc(-c2c/c(=N/Nc3ccccc3)c3cc(C)ccc3o2)cc1. The van der Waals surface area contributed by atoms with Crippen molar-refractivity contribution in [2.75, 3.05) is 5.43 Å². The number of hydrogen-bond acceptors (Lipinski definition) is 3. The summed E-state index contributed by atoms with van der Waals surface area (Å²) in [4.78, 5) is 0. The van der Waals surface area contributed by atoms with Gasteiger partial charge in [0.2, 0.25) is 0 Å². The van der Waals surface area contributed by atoms with Crippen LogP contribution in [0.5, 0.6) is 0 Å². The zero-order valence-electron chi connectivity index (χ0n) is 14.9. The maximum atomic E-state index is 6.15. The fourth-order valence-corrected chi connectivity index (χ4v) is 2.87. The summed E-state index contributed by atoms with van der Waals surface area (Å²) in [6, 6.07) is 26.4. The molecule has 1 aromatic heterocycles. The highest BCUT2D eigenvalue weighted by Crippen LogP contribution is 2.23. The van der Waals surface area contributed by atoms with Gasteiger partial charge in [-0.05, 0) is 38.1 Å². The topological polar surface area (TPSA) is 37.5 Å². The van der Waals surface area contributed by atoms with Crippen LogP contribution in [0.2, 0.25) is 0 Å². The highest BCUT2D eigenvalue weighted by molar-refractivity contribution is 5.79. The van der Waals surface area contributed by atoms with Gasteiger partial charge < -0.3 is 4.42 Å². The summed E-state index contributed by atoms with van der Waals surface area (Å²) in [5.41, 5.74) is 8.35. The second-order valence-corrected chi connectivity index (χ2v) is 6.45. The Morgan fingerprint density at radius 2 is 1.50 bits per heavy atom. The fourth-order valence-electron chi connectivity index (χ4n) is 2.87. The summed E-state index contributed by atoms with van der Waals surface area (Å²) in [6.07, 6.45) is 0. The van der Waals surface area contributed by atoms with E-state index >= 15 is 0 Å². The van der Waals surface area contributed by atoms with E-state index in [0.29, 0.717) is 0 Å². The molecule has 0 atom stereocenters. The largest absolute Gasteiger partial charge is 0.456 e. The lowest BCUT2D eigenvalue weighted by atomic mass is 10.1. The van der Waals surface area contributed by atoms with Crippen molar-refractivity contribution in [3.8, 4) is 11.3 Å². The Kier molecular flexibility index (Phi) is 4.28. The van der Waals surface area contributed by atoms with Crippen molar-refractivity contribution < 1.29 is 4.42 Å². The zero-order valence-corrected chi connectivity index (χ0v) is 14.9. The molecule has 0 spiro atoms. The Labute approximate surface area is 152 Å². The molecule has 0 saturated carbocycles. The summed E-state index contributed by atoms with van der Waals surface area (Å²) < 4.78 is 6.15. The molecular weight excluding hydrogens is 320 g/mol. The van der Waals surface area contributed by atoms with E-state index in [2.05, 4.69) is 60.8 Å². The van der Waals surface area contributed by atoms with E-state index in [0.717, 1.165) is 33.3 Å². The third-order valence-corrected chi connectivity index (χ3v) is 4.31. The number of aryl methyl sites for hydroxylation is 2. The number of anilines is 1. The third kappa shape index (κ3) is 3.38. The summed E-state index contributed by atoms with van der Waals surface area (Å²) in [5.74, 6) is 0.801. The molecule has 128 valence electrons. The van der Waals surface area contributed by atoms with E-state index < -0.39 is 0 Å².